The predicted molar refractivity (Wildman–Crippen MR) is 79.4 cm³/mol. The van der Waals surface area contributed by atoms with Crippen molar-refractivity contribution in [1.29, 1.82) is 0 Å². The Labute approximate surface area is 116 Å². The highest BCUT2D eigenvalue weighted by Gasteiger charge is 2.26. The average molecular weight is 262 g/mol. The molecule has 1 heterocycles. The lowest BCUT2D eigenvalue weighted by atomic mass is 9.92. The molecular formula is C16H26N2O. The zero-order valence-electron chi connectivity index (χ0n) is 12.1. The first-order chi connectivity index (χ1) is 9.30. The molecule has 1 unspecified atom stereocenters. The lowest BCUT2D eigenvalue weighted by Gasteiger charge is -2.37. The van der Waals surface area contributed by atoms with Gasteiger partial charge in [-0.1, -0.05) is 31.5 Å². The van der Waals surface area contributed by atoms with Crippen molar-refractivity contribution >= 4 is 0 Å². The van der Waals surface area contributed by atoms with Gasteiger partial charge in [-0.2, -0.15) is 0 Å². The number of likely N-dealkylation sites (tertiary alicyclic amines) is 1. The second kappa shape index (κ2) is 6.92. The topological polar surface area (TPSA) is 38.5 Å². The van der Waals surface area contributed by atoms with Crippen molar-refractivity contribution in [2.45, 2.75) is 32.2 Å². The van der Waals surface area contributed by atoms with Crippen LogP contribution < -0.4 is 10.5 Å². The van der Waals surface area contributed by atoms with Crippen LogP contribution in [0.25, 0.3) is 0 Å². The fourth-order valence-electron chi connectivity index (χ4n) is 3.09. The third-order valence-electron chi connectivity index (χ3n) is 4.39. The van der Waals surface area contributed by atoms with E-state index in [1.54, 1.807) is 7.11 Å². The van der Waals surface area contributed by atoms with Gasteiger partial charge in [0, 0.05) is 12.1 Å². The quantitative estimate of drug-likeness (QED) is 0.887. The van der Waals surface area contributed by atoms with Gasteiger partial charge in [-0.05, 0) is 37.9 Å². The molecule has 1 fully saturated rings. The molecule has 1 atom stereocenters. The van der Waals surface area contributed by atoms with Gasteiger partial charge in [0.25, 0.3) is 0 Å². The number of hydrogen-bond acceptors (Lipinski definition) is 3. The molecule has 2 N–H and O–H groups in total. The minimum Gasteiger partial charge on any atom is -0.496 e. The van der Waals surface area contributed by atoms with Crippen molar-refractivity contribution in [3.8, 4) is 5.75 Å². The van der Waals surface area contributed by atoms with Gasteiger partial charge in [0.1, 0.15) is 5.75 Å². The highest BCUT2D eigenvalue weighted by molar-refractivity contribution is 5.36. The van der Waals surface area contributed by atoms with Gasteiger partial charge in [0.05, 0.1) is 13.2 Å². The van der Waals surface area contributed by atoms with Crippen molar-refractivity contribution in [1.82, 2.24) is 4.90 Å². The highest BCUT2D eigenvalue weighted by atomic mass is 16.5. The molecular weight excluding hydrogens is 236 g/mol. The number of piperidine rings is 1. The van der Waals surface area contributed by atoms with Crippen molar-refractivity contribution in [3.05, 3.63) is 29.8 Å². The molecule has 1 aliphatic heterocycles. The summed E-state index contributed by atoms with van der Waals surface area (Å²) in [5.41, 5.74) is 7.25. The van der Waals surface area contributed by atoms with E-state index in [1.807, 2.05) is 12.1 Å². The molecule has 3 nitrogen and oxygen atoms in total. The largest absolute Gasteiger partial charge is 0.496 e. The van der Waals surface area contributed by atoms with E-state index in [2.05, 4.69) is 24.0 Å². The van der Waals surface area contributed by atoms with Crippen molar-refractivity contribution in [2.24, 2.45) is 11.7 Å². The number of ether oxygens (including phenoxy) is 1. The molecule has 0 saturated carbocycles. The maximum Gasteiger partial charge on any atom is 0.123 e. The van der Waals surface area contributed by atoms with E-state index in [4.69, 9.17) is 10.5 Å². The first kappa shape index (κ1) is 14.4. The van der Waals surface area contributed by atoms with E-state index in [9.17, 15) is 0 Å². The van der Waals surface area contributed by atoms with Crippen LogP contribution in [0.4, 0.5) is 0 Å². The maximum absolute atomic E-state index is 6.03. The van der Waals surface area contributed by atoms with Gasteiger partial charge >= 0.3 is 0 Å². The Balaban J connectivity index is 2.12. The van der Waals surface area contributed by atoms with Gasteiger partial charge in [0.15, 0.2) is 0 Å². The van der Waals surface area contributed by atoms with E-state index < -0.39 is 0 Å². The maximum atomic E-state index is 6.03. The van der Waals surface area contributed by atoms with E-state index in [0.29, 0.717) is 6.54 Å². The summed E-state index contributed by atoms with van der Waals surface area (Å²) in [5.74, 6) is 1.85. The molecule has 0 aliphatic carbocycles. The number of para-hydroxylation sites is 1. The summed E-state index contributed by atoms with van der Waals surface area (Å²) in [6.45, 7) is 5.25. The summed E-state index contributed by atoms with van der Waals surface area (Å²) in [7, 11) is 1.73. The lowest BCUT2D eigenvalue weighted by Crippen LogP contribution is -2.39. The monoisotopic (exact) mass is 262 g/mol. The zero-order chi connectivity index (χ0) is 13.7. The highest BCUT2D eigenvalue weighted by Crippen LogP contribution is 2.32. The Morgan fingerprint density at radius 1 is 1.32 bits per heavy atom. The smallest absolute Gasteiger partial charge is 0.123 e. The number of nitrogens with two attached hydrogens (primary N) is 1. The first-order valence-electron chi connectivity index (χ1n) is 7.37. The fourth-order valence-corrected chi connectivity index (χ4v) is 3.09. The van der Waals surface area contributed by atoms with E-state index in [0.717, 1.165) is 24.8 Å². The summed E-state index contributed by atoms with van der Waals surface area (Å²) in [6, 6.07) is 8.53. The molecule has 0 bridgehead atoms. The second-order valence-corrected chi connectivity index (χ2v) is 5.38. The normalized spacial score (nSPS) is 19.3. The fraction of sp³-hybridized carbons (Fsp3) is 0.625. The predicted octanol–water partition coefficient (Wildman–Crippen LogP) is 2.82. The van der Waals surface area contributed by atoms with E-state index >= 15 is 0 Å². The van der Waals surface area contributed by atoms with Crippen molar-refractivity contribution < 1.29 is 4.74 Å². The van der Waals surface area contributed by atoms with Crippen molar-refractivity contribution in [3.63, 3.8) is 0 Å². The van der Waals surface area contributed by atoms with Crippen molar-refractivity contribution in [2.75, 3.05) is 26.7 Å². The van der Waals surface area contributed by atoms with Crippen LogP contribution in [0.15, 0.2) is 24.3 Å². The Kier molecular flexibility index (Phi) is 5.23. The zero-order valence-corrected chi connectivity index (χ0v) is 12.1. The SMILES string of the molecule is CCC1CCN(C(CN)c2ccccc2OC)CC1. The summed E-state index contributed by atoms with van der Waals surface area (Å²) >= 11 is 0. The van der Waals surface area contributed by atoms with Crippen LogP contribution in [-0.2, 0) is 0 Å². The number of rotatable bonds is 5. The molecule has 0 radical (unpaired) electrons. The standard InChI is InChI=1S/C16H26N2O/c1-3-13-8-10-18(11-9-13)15(12-17)14-6-4-5-7-16(14)19-2/h4-7,13,15H,3,8-12,17H2,1-2H3. The van der Waals surface area contributed by atoms with Gasteiger partial charge in [-0.15, -0.1) is 0 Å². The van der Waals surface area contributed by atoms with E-state index in [1.165, 1.54) is 24.8 Å². The third kappa shape index (κ3) is 3.28. The van der Waals surface area contributed by atoms with Gasteiger partial charge in [0.2, 0.25) is 0 Å². The molecule has 0 aromatic heterocycles. The summed E-state index contributed by atoms with van der Waals surface area (Å²) < 4.78 is 5.48. The Bertz CT molecular complexity index is 386. The molecule has 106 valence electrons. The van der Waals surface area contributed by atoms with Crippen LogP contribution in [0.3, 0.4) is 0 Å². The Hall–Kier alpha value is -1.06. The molecule has 1 aromatic carbocycles. The second-order valence-electron chi connectivity index (χ2n) is 5.38. The van der Waals surface area contributed by atoms with Gasteiger partial charge < -0.3 is 10.5 Å². The number of methoxy groups -OCH3 is 1. The minimum absolute atomic E-state index is 0.286. The summed E-state index contributed by atoms with van der Waals surface area (Å²) in [5, 5.41) is 0. The molecule has 1 saturated heterocycles. The molecule has 0 amide bonds. The average Bonchev–Trinajstić information content (AvgIpc) is 2.49. The molecule has 19 heavy (non-hydrogen) atoms. The number of hydrogen-bond donors (Lipinski definition) is 1. The van der Waals surface area contributed by atoms with Gasteiger partial charge in [-0.25, -0.2) is 0 Å². The van der Waals surface area contributed by atoms with Crippen LogP contribution in [0.5, 0.6) is 5.75 Å². The molecule has 2 rings (SSSR count). The molecule has 3 heteroatoms. The number of benzene rings is 1. The summed E-state index contributed by atoms with van der Waals surface area (Å²) in [6.07, 6.45) is 3.89. The molecule has 0 spiro atoms. The van der Waals surface area contributed by atoms with Gasteiger partial charge in [-0.3, -0.25) is 4.90 Å². The lowest BCUT2D eigenvalue weighted by molar-refractivity contribution is 0.132. The van der Waals surface area contributed by atoms with Crippen LogP contribution >= 0.6 is 0 Å². The third-order valence-corrected chi connectivity index (χ3v) is 4.39. The van der Waals surface area contributed by atoms with Crippen LogP contribution in [0.1, 0.15) is 37.8 Å². The van der Waals surface area contributed by atoms with Crippen LogP contribution in [-0.4, -0.2) is 31.6 Å². The van der Waals surface area contributed by atoms with E-state index in [-0.39, 0.29) is 6.04 Å². The Morgan fingerprint density at radius 2 is 2.00 bits per heavy atom. The number of nitrogens with zero attached hydrogens (tertiary/aromatic N) is 1. The summed E-state index contributed by atoms with van der Waals surface area (Å²) in [4.78, 5) is 2.52. The van der Waals surface area contributed by atoms with Crippen LogP contribution in [0, 0.1) is 5.92 Å². The van der Waals surface area contributed by atoms with Crippen LogP contribution in [0.2, 0.25) is 0 Å². The molecule has 1 aromatic rings. The first-order valence-corrected chi connectivity index (χ1v) is 7.37. The minimum atomic E-state index is 0.286. The molecule has 1 aliphatic rings. The Morgan fingerprint density at radius 3 is 2.58 bits per heavy atom.